The lowest BCUT2D eigenvalue weighted by atomic mass is 10.3. The van der Waals surface area contributed by atoms with Gasteiger partial charge in [0.25, 0.3) is 0 Å². The van der Waals surface area contributed by atoms with Gasteiger partial charge in [0.15, 0.2) is 4.34 Å². The summed E-state index contributed by atoms with van der Waals surface area (Å²) in [5, 5.41) is 15.4. The molecule has 9 heteroatoms. The van der Waals surface area contributed by atoms with Crippen molar-refractivity contribution < 1.29 is 4.79 Å². The third kappa shape index (κ3) is 5.03. The summed E-state index contributed by atoms with van der Waals surface area (Å²) >= 11 is 14.5. The fourth-order valence-electron chi connectivity index (χ4n) is 1.39. The fraction of sp³-hybridized carbons (Fsp3) is 0.250. The fourth-order valence-corrected chi connectivity index (χ4v) is 3.31. The summed E-state index contributed by atoms with van der Waals surface area (Å²) in [4.78, 5) is 11.8. The molecule has 1 aromatic carbocycles. The van der Waals surface area contributed by atoms with Gasteiger partial charge in [-0.05, 0) is 25.1 Å². The Labute approximate surface area is 140 Å². The van der Waals surface area contributed by atoms with Gasteiger partial charge in [-0.15, -0.1) is 10.2 Å². The average molecular weight is 363 g/mol. The Bertz CT molecular complexity index is 635. The van der Waals surface area contributed by atoms with Crippen molar-refractivity contribution in [3.05, 3.63) is 28.2 Å². The summed E-state index contributed by atoms with van der Waals surface area (Å²) in [6.07, 6.45) is 0. The molecule has 0 saturated heterocycles. The van der Waals surface area contributed by atoms with Crippen LogP contribution in [0.3, 0.4) is 0 Å². The van der Waals surface area contributed by atoms with Crippen LogP contribution in [0.5, 0.6) is 0 Å². The molecule has 5 nitrogen and oxygen atoms in total. The first-order valence-corrected chi connectivity index (χ1v) is 8.59. The lowest BCUT2D eigenvalue weighted by molar-refractivity contribution is -0.113. The molecule has 112 valence electrons. The highest BCUT2D eigenvalue weighted by Crippen LogP contribution is 2.27. The van der Waals surface area contributed by atoms with E-state index in [1.807, 2.05) is 6.92 Å². The molecule has 0 atom stereocenters. The largest absolute Gasteiger partial charge is 0.360 e. The molecule has 0 aliphatic heterocycles. The quantitative estimate of drug-likeness (QED) is 0.759. The molecule has 0 unspecified atom stereocenters. The first-order chi connectivity index (χ1) is 10.1. The molecule has 1 heterocycles. The SMILES string of the molecule is CCNc1nnc(SCC(=O)Nc2ccc(Cl)c(Cl)c2)s1. The van der Waals surface area contributed by atoms with E-state index in [-0.39, 0.29) is 11.7 Å². The van der Waals surface area contributed by atoms with Gasteiger partial charge < -0.3 is 10.6 Å². The van der Waals surface area contributed by atoms with Crippen LogP contribution in [-0.4, -0.2) is 28.4 Å². The van der Waals surface area contributed by atoms with Crippen molar-refractivity contribution in [1.29, 1.82) is 0 Å². The lowest BCUT2D eigenvalue weighted by Crippen LogP contribution is -2.13. The zero-order chi connectivity index (χ0) is 15.2. The summed E-state index contributed by atoms with van der Waals surface area (Å²) in [7, 11) is 0. The van der Waals surface area contributed by atoms with Gasteiger partial charge in [0, 0.05) is 12.2 Å². The van der Waals surface area contributed by atoms with E-state index in [1.165, 1.54) is 23.1 Å². The van der Waals surface area contributed by atoms with Gasteiger partial charge in [-0.1, -0.05) is 46.3 Å². The molecule has 1 amide bonds. The molecule has 0 fully saturated rings. The van der Waals surface area contributed by atoms with Gasteiger partial charge in [0.05, 0.1) is 15.8 Å². The summed E-state index contributed by atoms with van der Waals surface area (Å²) < 4.78 is 0.746. The van der Waals surface area contributed by atoms with E-state index in [0.717, 1.165) is 16.0 Å². The van der Waals surface area contributed by atoms with Crippen molar-refractivity contribution in [2.24, 2.45) is 0 Å². The highest BCUT2D eigenvalue weighted by Gasteiger charge is 2.09. The van der Waals surface area contributed by atoms with Crippen molar-refractivity contribution in [2.75, 3.05) is 22.9 Å². The molecular weight excluding hydrogens is 351 g/mol. The highest BCUT2D eigenvalue weighted by molar-refractivity contribution is 8.01. The van der Waals surface area contributed by atoms with Crippen LogP contribution in [0.4, 0.5) is 10.8 Å². The number of hydrogen-bond acceptors (Lipinski definition) is 6. The molecule has 0 aliphatic carbocycles. The number of amides is 1. The Morgan fingerprint density at radius 2 is 2.14 bits per heavy atom. The minimum atomic E-state index is -0.140. The number of halogens is 2. The number of thioether (sulfide) groups is 1. The molecule has 0 aliphatic rings. The van der Waals surface area contributed by atoms with Gasteiger partial charge in [0.2, 0.25) is 11.0 Å². The first-order valence-electron chi connectivity index (χ1n) is 6.03. The van der Waals surface area contributed by atoms with E-state index in [9.17, 15) is 4.79 Å². The second kappa shape index (κ2) is 7.84. The number of carbonyl (C=O) groups is 1. The van der Waals surface area contributed by atoms with Crippen LogP contribution >= 0.6 is 46.3 Å². The van der Waals surface area contributed by atoms with Crippen LogP contribution in [0, 0.1) is 0 Å². The van der Waals surface area contributed by atoms with E-state index in [4.69, 9.17) is 23.2 Å². The molecule has 0 radical (unpaired) electrons. The average Bonchev–Trinajstić information content (AvgIpc) is 2.89. The third-order valence-electron chi connectivity index (χ3n) is 2.26. The molecule has 1 aromatic heterocycles. The summed E-state index contributed by atoms with van der Waals surface area (Å²) in [5.41, 5.74) is 0.612. The Kier molecular flexibility index (Phi) is 6.10. The summed E-state index contributed by atoms with van der Waals surface area (Å²) in [5.74, 6) is 0.111. The maximum atomic E-state index is 11.8. The summed E-state index contributed by atoms with van der Waals surface area (Å²) in [6.45, 7) is 2.77. The molecule has 0 bridgehead atoms. The van der Waals surface area contributed by atoms with Crippen LogP contribution < -0.4 is 10.6 Å². The van der Waals surface area contributed by atoms with Gasteiger partial charge >= 0.3 is 0 Å². The van der Waals surface area contributed by atoms with Gasteiger partial charge in [-0.2, -0.15) is 0 Å². The van der Waals surface area contributed by atoms with Gasteiger partial charge in [0.1, 0.15) is 0 Å². The molecule has 0 spiro atoms. The van der Waals surface area contributed by atoms with Gasteiger partial charge in [-0.3, -0.25) is 4.79 Å². The van der Waals surface area contributed by atoms with Crippen molar-refractivity contribution >= 4 is 63.0 Å². The van der Waals surface area contributed by atoms with E-state index < -0.39 is 0 Å². The number of rotatable bonds is 6. The second-order valence-electron chi connectivity index (χ2n) is 3.87. The Morgan fingerprint density at radius 1 is 1.33 bits per heavy atom. The minimum absolute atomic E-state index is 0.140. The molecule has 21 heavy (non-hydrogen) atoms. The maximum Gasteiger partial charge on any atom is 0.234 e. The van der Waals surface area contributed by atoms with Crippen molar-refractivity contribution in [2.45, 2.75) is 11.3 Å². The standard InChI is InChI=1S/C12H12Cl2N4OS2/c1-2-15-11-17-18-12(21-11)20-6-10(19)16-7-3-4-8(13)9(14)5-7/h3-5H,2,6H2,1H3,(H,15,17)(H,16,19). The van der Waals surface area contributed by atoms with Crippen molar-refractivity contribution in [3.8, 4) is 0 Å². The Hall–Kier alpha value is -1.02. The maximum absolute atomic E-state index is 11.8. The van der Waals surface area contributed by atoms with Crippen molar-refractivity contribution in [3.63, 3.8) is 0 Å². The molecule has 2 aromatic rings. The number of aromatic nitrogens is 2. The topological polar surface area (TPSA) is 66.9 Å². The van der Waals surface area contributed by atoms with Crippen LogP contribution in [0.1, 0.15) is 6.92 Å². The predicted octanol–water partition coefficient (Wildman–Crippen LogP) is 4.01. The van der Waals surface area contributed by atoms with E-state index in [0.29, 0.717) is 15.7 Å². The van der Waals surface area contributed by atoms with E-state index >= 15 is 0 Å². The second-order valence-corrected chi connectivity index (χ2v) is 6.88. The minimum Gasteiger partial charge on any atom is -0.360 e. The molecular formula is C12H12Cl2N4OS2. The van der Waals surface area contributed by atoms with E-state index in [2.05, 4.69) is 20.8 Å². The smallest absolute Gasteiger partial charge is 0.234 e. The third-order valence-corrected chi connectivity index (χ3v) is 5.02. The van der Waals surface area contributed by atoms with Crippen LogP contribution in [0.15, 0.2) is 22.5 Å². The van der Waals surface area contributed by atoms with Crippen LogP contribution in [0.2, 0.25) is 10.0 Å². The number of nitrogens with zero attached hydrogens (tertiary/aromatic N) is 2. The number of anilines is 2. The lowest BCUT2D eigenvalue weighted by Gasteiger charge is -2.05. The first kappa shape index (κ1) is 16.4. The van der Waals surface area contributed by atoms with Gasteiger partial charge in [-0.25, -0.2) is 0 Å². The number of hydrogen-bond donors (Lipinski definition) is 2. The highest BCUT2D eigenvalue weighted by atomic mass is 35.5. The zero-order valence-electron chi connectivity index (χ0n) is 11.0. The Balaban J connectivity index is 1.85. The number of nitrogens with one attached hydrogen (secondary N) is 2. The van der Waals surface area contributed by atoms with Crippen LogP contribution in [-0.2, 0) is 4.79 Å². The van der Waals surface area contributed by atoms with Crippen LogP contribution in [0.25, 0.3) is 0 Å². The monoisotopic (exact) mass is 362 g/mol. The Morgan fingerprint density at radius 3 is 2.86 bits per heavy atom. The normalized spacial score (nSPS) is 10.4. The molecule has 2 N–H and O–H groups in total. The van der Waals surface area contributed by atoms with E-state index in [1.54, 1.807) is 18.2 Å². The molecule has 2 rings (SSSR count). The predicted molar refractivity (Wildman–Crippen MR) is 89.9 cm³/mol. The summed E-state index contributed by atoms with van der Waals surface area (Å²) in [6, 6.07) is 4.95. The number of benzene rings is 1. The number of carbonyl (C=O) groups excluding carboxylic acids is 1. The van der Waals surface area contributed by atoms with Crippen molar-refractivity contribution in [1.82, 2.24) is 10.2 Å². The zero-order valence-corrected chi connectivity index (χ0v) is 14.2. The molecule has 0 saturated carbocycles.